The Morgan fingerprint density at radius 2 is 2.00 bits per heavy atom. The first-order valence-electron chi connectivity index (χ1n) is 6.45. The lowest BCUT2D eigenvalue weighted by atomic mass is 9.81. The molecule has 2 rings (SSSR count). The Labute approximate surface area is 116 Å². The molecule has 1 aromatic rings. The number of rotatable bonds is 2. The van der Waals surface area contributed by atoms with Gasteiger partial charge in [-0.2, -0.15) is 0 Å². The van der Waals surface area contributed by atoms with E-state index in [1.165, 1.54) is 0 Å². The summed E-state index contributed by atoms with van der Waals surface area (Å²) in [6.07, 6.45) is 3.14. The second kappa shape index (κ2) is 5.62. The largest absolute Gasteiger partial charge is 0.398 e. The van der Waals surface area contributed by atoms with Crippen LogP contribution in [0.3, 0.4) is 0 Å². The molecule has 4 unspecified atom stereocenters. The standard InChI is InChI=1S/C14H20ClNOS/c1-9-6-7-11(8-10(9)2)18(17)14-12(15)4-3-5-13(14)16/h3-5,9-11H,6-8,16H2,1-2H3. The van der Waals surface area contributed by atoms with Crippen LogP contribution in [0, 0.1) is 11.8 Å². The average Bonchev–Trinajstić information content (AvgIpc) is 2.32. The monoisotopic (exact) mass is 285 g/mol. The number of nitrogens with two attached hydrogens (primary N) is 1. The van der Waals surface area contributed by atoms with Crippen molar-refractivity contribution < 1.29 is 4.21 Å². The molecule has 2 nitrogen and oxygen atoms in total. The molecular weight excluding hydrogens is 266 g/mol. The fourth-order valence-corrected chi connectivity index (χ4v) is 4.73. The Morgan fingerprint density at radius 3 is 2.61 bits per heavy atom. The maximum atomic E-state index is 12.6. The van der Waals surface area contributed by atoms with Crippen LogP contribution in [0.5, 0.6) is 0 Å². The molecule has 18 heavy (non-hydrogen) atoms. The summed E-state index contributed by atoms with van der Waals surface area (Å²) in [5.74, 6) is 1.35. The molecule has 1 saturated carbocycles. The predicted octanol–water partition coefficient (Wildman–Crippen LogP) is 3.85. The second-order valence-corrected chi connectivity index (χ2v) is 7.42. The van der Waals surface area contributed by atoms with Gasteiger partial charge in [-0.05, 0) is 43.2 Å². The normalized spacial score (nSPS) is 30.1. The van der Waals surface area contributed by atoms with Crippen LogP contribution in [0.15, 0.2) is 23.1 Å². The third-order valence-corrected chi connectivity index (χ3v) is 6.37. The molecule has 1 fully saturated rings. The van der Waals surface area contributed by atoms with Gasteiger partial charge in [0.2, 0.25) is 0 Å². The molecular formula is C14H20ClNOS. The molecule has 100 valence electrons. The molecule has 2 N–H and O–H groups in total. The van der Waals surface area contributed by atoms with Crippen molar-refractivity contribution in [2.24, 2.45) is 11.8 Å². The number of nitrogen functional groups attached to an aromatic ring is 1. The van der Waals surface area contributed by atoms with Gasteiger partial charge < -0.3 is 5.73 Å². The van der Waals surface area contributed by atoms with Crippen LogP contribution in [-0.4, -0.2) is 9.46 Å². The Bertz CT molecular complexity index is 443. The first-order valence-corrected chi connectivity index (χ1v) is 8.04. The average molecular weight is 286 g/mol. The van der Waals surface area contributed by atoms with Gasteiger partial charge in [-0.3, -0.25) is 4.21 Å². The van der Waals surface area contributed by atoms with Crippen LogP contribution in [0.2, 0.25) is 5.02 Å². The quantitative estimate of drug-likeness (QED) is 0.839. The van der Waals surface area contributed by atoms with E-state index in [1.807, 2.05) is 0 Å². The highest BCUT2D eigenvalue weighted by atomic mass is 35.5. The predicted molar refractivity (Wildman–Crippen MR) is 78.2 cm³/mol. The summed E-state index contributed by atoms with van der Waals surface area (Å²) in [5.41, 5.74) is 6.46. The Hall–Kier alpha value is -0.540. The topological polar surface area (TPSA) is 43.1 Å². The van der Waals surface area contributed by atoms with E-state index in [9.17, 15) is 4.21 Å². The molecule has 0 radical (unpaired) electrons. The molecule has 0 aromatic heterocycles. The van der Waals surface area contributed by atoms with Gasteiger partial charge in [-0.15, -0.1) is 0 Å². The van der Waals surface area contributed by atoms with Crippen molar-refractivity contribution in [3.05, 3.63) is 23.2 Å². The summed E-state index contributed by atoms with van der Waals surface area (Å²) < 4.78 is 12.6. The highest BCUT2D eigenvalue weighted by Gasteiger charge is 2.30. The Morgan fingerprint density at radius 1 is 1.28 bits per heavy atom. The van der Waals surface area contributed by atoms with Crippen molar-refractivity contribution in [3.63, 3.8) is 0 Å². The Balaban J connectivity index is 2.22. The summed E-state index contributed by atoms with van der Waals surface area (Å²) in [6, 6.07) is 5.33. The molecule has 0 amide bonds. The van der Waals surface area contributed by atoms with Crippen molar-refractivity contribution in [2.45, 2.75) is 43.3 Å². The van der Waals surface area contributed by atoms with Crippen LogP contribution >= 0.6 is 11.6 Å². The van der Waals surface area contributed by atoms with Gasteiger partial charge >= 0.3 is 0 Å². The lowest BCUT2D eigenvalue weighted by Crippen LogP contribution is -2.28. The van der Waals surface area contributed by atoms with Gasteiger partial charge in [0.1, 0.15) is 0 Å². The smallest absolute Gasteiger partial charge is 0.0806 e. The fraction of sp³-hybridized carbons (Fsp3) is 0.571. The SMILES string of the molecule is CC1CCC(S(=O)c2c(N)cccc2Cl)CC1C. The van der Waals surface area contributed by atoms with Crippen LogP contribution in [0.25, 0.3) is 0 Å². The second-order valence-electron chi connectivity index (χ2n) is 5.35. The maximum Gasteiger partial charge on any atom is 0.0806 e. The van der Waals surface area contributed by atoms with E-state index >= 15 is 0 Å². The van der Waals surface area contributed by atoms with Crippen LogP contribution in [-0.2, 0) is 10.8 Å². The molecule has 1 aliphatic rings. The van der Waals surface area contributed by atoms with Crippen molar-refractivity contribution >= 4 is 28.1 Å². The highest BCUT2D eigenvalue weighted by Crippen LogP contribution is 2.36. The summed E-state index contributed by atoms with van der Waals surface area (Å²) in [6.45, 7) is 4.51. The minimum absolute atomic E-state index is 0.193. The zero-order valence-corrected chi connectivity index (χ0v) is 12.4. The number of hydrogen-bond donors (Lipinski definition) is 1. The Kier molecular flexibility index (Phi) is 4.33. The van der Waals surface area contributed by atoms with E-state index in [-0.39, 0.29) is 5.25 Å². The van der Waals surface area contributed by atoms with Gasteiger partial charge in [0.15, 0.2) is 0 Å². The number of halogens is 1. The van der Waals surface area contributed by atoms with Crippen molar-refractivity contribution in [3.8, 4) is 0 Å². The summed E-state index contributed by atoms with van der Waals surface area (Å²) >= 11 is 6.14. The van der Waals surface area contributed by atoms with Gasteiger partial charge in [0.05, 0.1) is 20.7 Å². The molecule has 0 spiro atoms. The third-order valence-electron chi connectivity index (χ3n) is 4.05. The van der Waals surface area contributed by atoms with Crippen molar-refractivity contribution in [1.29, 1.82) is 0 Å². The van der Waals surface area contributed by atoms with Gasteiger partial charge in [0, 0.05) is 10.9 Å². The molecule has 0 aliphatic heterocycles. The molecule has 4 atom stereocenters. The van der Waals surface area contributed by atoms with Gasteiger partial charge in [-0.1, -0.05) is 31.5 Å². The van der Waals surface area contributed by atoms with Gasteiger partial charge in [-0.25, -0.2) is 0 Å². The van der Waals surface area contributed by atoms with Crippen LogP contribution in [0.4, 0.5) is 5.69 Å². The first kappa shape index (κ1) is 13.9. The zero-order valence-electron chi connectivity index (χ0n) is 10.9. The van der Waals surface area contributed by atoms with E-state index in [2.05, 4.69) is 13.8 Å². The first-order chi connectivity index (χ1) is 8.50. The maximum absolute atomic E-state index is 12.6. The lowest BCUT2D eigenvalue weighted by molar-refractivity contribution is 0.281. The van der Waals surface area contributed by atoms with Crippen LogP contribution < -0.4 is 5.73 Å². The van der Waals surface area contributed by atoms with Crippen molar-refractivity contribution in [2.75, 3.05) is 5.73 Å². The summed E-state index contributed by atoms with van der Waals surface area (Å²) in [7, 11) is -1.09. The van der Waals surface area contributed by atoms with Gasteiger partial charge in [0.25, 0.3) is 0 Å². The minimum Gasteiger partial charge on any atom is -0.398 e. The lowest BCUT2D eigenvalue weighted by Gasteiger charge is -2.31. The molecule has 4 heteroatoms. The molecule has 1 aliphatic carbocycles. The fourth-order valence-electron chi connectivity index (χ4n) is 2.60. The van der Waals surface area contributed by atoms with E-state index in [0.717, 1.165) is 25.2 Å². The summed E-state index contributed by atoms with van der Waals surface area (Å²) in [4.78, 5) is 0.630. The van der Waals surface area contributed by atoms with E-state index in [0.29, 0.717) is 21.5 Å². The van der Waals surface area contributed by atoms with E-state index in [4.69, 9.17) is 17.3 Å². The minimum atomic E-state index is -1.09. The molecule has 0 saturated heterocycles. The molecule has 0 heterocycles. The zero-order chi connectivity index (χ0) is 13.3. The van der Waals surface area contributed by atoms with Crippen molar-refractivity contribution in [1.82, 2.24) is 0 Å². The third kappa shape index (κ3) is 2.72. The number of anilines is 1. The molecule has 0 bridgehead atoms. The van der Waals surface area contributed by atoms with Crippen LogP contribution in [0.1, 0.15) is 33.1 Å². The highest BCUT2D eigenvalue weighted by molar-refractivity contribution is 7.86. The number of benzene rings is 1. The summed E-state index contributed by atoms with van der Waals surface area (Å²) in [5, 5.41) is 0.720. The molecule has 1 aromatic carbocycles. The van der Waals surface area contributed by atoms with E-state index in [1.54, 1.807) is 18.2 Å². The van der Waals surface area contributed by atoms with E-state index < -0.39 is 10.8 Å². The number of hydrogen-bond acceptors (Lipinski definition) is 2.